The van der Waals surface area contributed by atoms with Gasteiger partial charge in [0, 0.05) is 6.42 Å². The number of ether oxygens (including phenoxy) is 1. The molecule has 0 aliphatic heterocycles. The number of esters is 1. The van der Waals surface area contributed by atoms with Gasteiger partial charge in [-0.25, -0.2) is 0 Å². The number of allylic oxidation sites excluding steroid dienone is 1. The Hall–Kier alpha value is -0.790. The van der Waals surface area contributed by atoms with Crippen molar-refractivity contribution < 1.29 is 9.53 Å². The van der Waals surface area contributed by atoms with Crippen molar-refractivity contribution >= 4 is 5.97 Å². The summed E-state index contributed by atoms with van der Waals surface area (Å²) >= 11 is 0. The highest BCUT2D eigenvalue weighted by molar-refractivity contribution is 5.69. The van der Waals surface area contributed by atoms with E-state index in [9.17, 15) is 4.79 Å². The molecule has 2 nitrogen and oxygen atoms in total. The van der Waals surface area contributed by atoms with Crippen molar-refractivity contribution in [3.63, 3.8) is 0 Å². The number of carbonyl (C=O) groups is 1. The smallest absolute Gasteiger partial charge is 0.305 e. The van der Waals surface area contributed by atoms with Crippen molar-refractivity contribution in [3.8, 4) is 0 Å². The van der Waals surface area contributed by atoms with Gasteiger partial charge in [0.25, 0.3) is 0 Å². The molecule has 0 bridgehead atoms. The number of hydrogen-bond donors (Lipinski definition) is 0. The zero-order chi connectivity index (χ0) is 12.3. The third-order valence-corrected chi connectivity index (χ3v) is 3.89. The van der Waals surface area contributed by atoms with E-state index >= 15 is 0 Å². The fourth-order valence-electron chi connectivity index (χ4n) is 3.27. The van der Waals surface area contributed by atoms with Crippen LogP contribution in [0.15, 0.2) is 12.2 Å². The quantitative estimate of drug-likeness (QED) is 0.541. The molecule has 0 aromatic carbocycles. The number of carbonyl (C=O) groups excluding carboxylic acids is 1. The van der Waals surface area contributed by atoms with Crippen molar-refractivity contribution in [2.45, 2.75) is 46.5 Å². The van der Waals surface area contributed by atoms with E-state index < -0.39 is 0 Å². The lowest BCUT2D eigenvalue weighted by atomic mass is 9.62. The fraction of sp³-hybridized carbons (Fsp3) is 0.786. The molecule has 1 fully saturated rings. The molecule has 1 saturated carbocycles. The molecule has 16 heavy (non-hydrogen) atoms. The van der Waals surface area contributed by atoms with E-state index in [1.165, 1.54) is 25.5 Å². The molecular weight excluding hydrogens is 200 g/mol. The Morgan fingerprint density at radius 1 is 1.62 bits per heavy atom. The Kier molecular flexibility index (Phi) is 4.17. The number of hydrogen-bond acceptors (Lipinski definition) is 2. The van der Waals surface area contributed by atoms with Crippen LogP contribution in [-0.2, 0) is 9.53 Å². The number of rotatable bonds is 3. The summed E-state index contributed by atoms with van der Waals surface area (Å²) in [4.78, 5) is 11.3. The predicted molar refractivity (Wildman–Crippen MR) is 66.1 cm³/mol. The van der Waals surface area contributed by atoms with Crippen LogP contribution >= 0.6 is 0 Å². The van der Waals surface area contributed by atoms with Crippen molar-refractivity contribution in [3.05, 3.63) is 12.2 Å². The minimum absolute atomic E-state index is 0.110. The van der Waals surface area contributed by atoms with Crippen LogP contribution in [0.25, 0.3) is 0 Å². The summed E-state index contributed by atoms with van der Waals surface area (Å²) in [7, 11) is 1.45. The highest BCUT2D eigenvalue weighted by Gasteiger charge is 2.38. The van der Waals surface area contributed by atoms with Gasteiger partial charge in [0.15, 0.2) is 0 Å². The van der Waals surface area contributed by atoms with Crippen LogP contribution in [-0.4, -0.2) is 13.1 Å². The maximum Gasteiger partial charge on any atom is 0.305 e. The van der Waals surface area contributed by atoms with Gasteiger partial charge in [-0.2, -0.15) is 0 Å². The highest BCUT2D eigenvalue weighted by Crippen LogP contribution is 2.47. The molecule has 2 heteroatoms. The Balaban J connectivity index is 2.74. The molecule has 0 N–H and O–H groups in total. The topological polar surface area (TPSA) is 26.3 Å². The molecule has 92 valence electrons. The zero-order valence-corrected chi connectivity index (χ0v) is 11.0. The summed E-state index contributed by atoms with van der Waals surface area (Å²) < 4.78 is 4.75. The van der Waals surface area contributed by atoms with Crippen molar-refractivity contribution in [1.29, 1.82) is 0 Å². The van der Waals surface area contributed by atoms with Gasteiger partial charge in [-0.3, -0.25) is 4.79 Å². The Morgan fingerprint density at radius 3 is 2.75 bits per heavy atom. The van der Waals surface area contributed by atoms with E-state index in [2.05, 4.69) is 27.4 Å². The highest BCUT2D eigenvalue weighted by atomic mass is 16.5. The minimum Gasteiger partial charge on any atom is -0.469 e. The molecule has 0 amide bonds. The summed E-state index contributed by atoms with van der Waals surface area (Å²) in [6.07, 6.45) is 4.07. The van der Waals surface area contributed by atoms with Crippen LogP contribution in [0.2, 0.25) is 0 Å². The summed E-state index contributed by atoms with van der Waals surface area (Å²) in [5, 5.41) is 0. The van der Waals surface area contributed by atoms with Crippen LogP contribution in [0.3, 0.4) is 0 Å². The van der Waals surface area contributed by atoms with Crippen molar-refractivity contribution in [2.24, 2.45) is 17.3 Å². The average Bonchev–Trinajstić information content (AvgIpc) is 2.15. The van der Waals surface area contributed by atoms with Gasteiger partial charge in [0.05, 0.1) is 7.11 Å². The largest absolute Gasteiger partial charge is 0.469 e. The Labute approximate surface area is 99.1 Å². The second kappa shape index (κ2) is 5.03. The monoisotopic (exact) mass is 224 g/mol. The molecule has 2 atom stereocenters. The first kappa shape index (κ1) is 13.3. The first-order valence-electron chi connectivity index (χ1n) is 6.13. The van der Waals surface area contributed by atoms with Gasteiger partial charge >= 0.3 is 5.97 Å². The lowest BCUT2D eigenvalue weighted by molar-refractivity contribution is -0.142. The third kappa shape index (κ3) is 2.87. The molecule has 1 aliphatic carbocycles. The van der Waals surface area contributed by atoms with E-state index in [0.29, 0.717) is 18.3 Å². The molecule has 0 saturated heterocycles. The molecule has 0 radical (unpaired) electrons. The minimum atomic E-state index is -0.110. The van der Waals surface area contributed by atoms with Crippen LogP contribution in [0.5, 0.6) is 0 Å². The SMILES string of the molecule is C=C1CCCC(C)(C)C1C(C)CC(=O)OC. The Bertz CT molecular complexity index is 278. The van der Waals surface area contributed by atoms with E-state index in [0.717, 1.165) is 6.42 Å². The van der Waals surface area contributed by atoms with Gasteiger partial charge in [-0.1, -0.05) is 32.9 Å². The molecule has 0 spiro atoms. The third-order valence-electron chi connectivity index (χ3n) is 3.89. The molecule has 2 unspecified atom stereocenters. The van der Waals surface area contributed by atoms with Crippen molar-refractivity contribution in [2.75, 3.05) is 7.11 Å². The van der Waals surface area contributed by atoms with Crippen LogP contribution in [0.4, 0.5) is 0 Å². The lowest BCUT2D eigenvalue weighted by Gasteiger charge is -2.43. The summed E-state index contributed by atoms with van der Waals surface area (Å²) in [6.45, 7) is 10.9. The first-order chi connectivity index (χ1) is 7.38. The van der Waals surface area contributed by atoms with Gasteiger partial charge in [0.2, 0.25) is 0 Å². The van der Waals surface area contributed by atoms with E-state index in [1.54, 1.807) is 0 Å². The molecule has 1 rings (SSSR count). The van der Waals surface area contributed by atoms with E-state index in [4.69, 9.17) is 4.74 Å². The van der Waals surface area contributed by atoms with Gasteiger partial charge < -0.3 is 4.74 Å². The van der Waals surface area contributed by atoms with Gasteiger partial charge in [0.1, 0.15) is 0 Å². The second-order valence-electron chi connectivity index (χ2n) is 5.74. The van der Waals surface area contributed by atoms with Crippen LogP contribution in [0.1, 0.15) is 46.5 Å². The average molecular weight is 224 g/mol. The normalized spacial score (nSPS) is 26.2. The van der Waals surface area contributed by atoms with Gasteiger partial charge in [-0.15, -0.1) is 0 Å². The van der Waals surface area contributed by atoms with Crippen LogP contribution in [0, 0.1) is 17.3 Å². The summed E-state index contributed by atoms with van der Waals surface area (Å²) in [5.74, 6) is 0.664. The molecule has 1 aliphatic rings. The predicted octanol–water partition coefficient (Wildman–Crippen LogP) is 3.57. The van der Waals surface area contributed by atoms with Gasteiger partial charge in [-0.05, 0) is 36.5 Å². The zero-order valence-electron chi connectivity index (χ0n) is 11.0. The maximum atomic E-state index is 11.3. The Morgan fingerprint density at radius 2 is 2.25 bits per heavy atom. The maximum absolute atomic E-state index is 11.3. The van der Waals surface area contributed by atoms with E-state index in [1.807, 2.05) is 0 Å². The number of methoxy groups -OCH3 is 1. The first-order valence-corrected chi connectivity index (χ1v) is 6.13. The van der Waals surface area contributed by atoms with Crippen LogP contribution < -0.4 is 0 Å². The standard InChI is InChI=1S/C14H24O2/c1-10-7-6-8-14(3,4)13(10)11(2)9-12(15)16-5/h11,13H,1,6-9H2,2-5H3. The molecule has 0 aromatic heterocycles. The summed E-state index contributed by atoms with van der Waals surface area (Å²) in [6, 6.07) is 0. The summed E-state index contributed by atoms with van der Waals surface area (Å²) in [5.41, 5.74) is 1.58. The second-order valence-corrected chi connectivity index (χ2v) is 5.74. The molecular formula is C14H24O2. The molecule has 0 heterocycles. The van der Waals surface area contributed by atoms with E-state index in [-0.39, 0.29) is 11.4 Å². The fourth-order valence-corrected chi connectivity index (χ4v) is 3.27. The lowest BCUT2D eigenvalue weighted by Crippen LogP contribution is -2.35. The molecule has 0 aromatic rings. The van der Waals surface area contributed by atoms with Crippen molar-refractivity contribution in [1.82, 2.24) is 0 Å².